The third kappa shape index (κ3) is 3.42. The van der Waals surface area contributed by atoms with Crippen molar-refractivity contribution in [3.8, 4) is 16.9 Å². The van der Waals surface area contributed by atoms with Gasteiger partial charge in [0.2, 0.25) is 0 Å². The van der Waals surface area contributed by atoms with Gasteiger partial charge in [-0.1, -0.05) is 19.1 Å². The minimum atomic E-state index is -0.838. The van der Waals surface area contributed by atoms with E-state index in [-0.39, 0.29) is 0 Å². The highest BCUT2D eigenvalue weighted by Gasteiger charge is 2.18. The van der Waals surface area contributed by atoms with E-state index in [0.29, 0.717) is 18.7 Å². The summed E-state index contributed by atoms with van der Waals surface area (Å²) >= 11 is 0. The maximum Gasteiger partial charge on any atom is 0.159 e. The van der Waals surface area contributed by atoms with Crippen molar-refractivity contribution in [3.05, 3.63) is 77.1 Å². The van der Waals surface area contributed by atoms with Crippen LogP contribution in [-0.2, 0) is 13.0 Å². The van der Waals surface area contributed by atoms with Crippen molar-refractivity contribution in [3.63, 3.8) is 0 Å². The summed E-state index contributed by atoms with van der Waals surface area (Å²) in [6.07, 6.45) is 2.82. The van der Waals surface area contributed by atoms with Gasteiger partial charge in [0.05, 0.1) is 5.69 Å². The SMILES string of the molecule is CCc1c(C)nc2c(ccn2Cc2ccc(F)c(F)c2)c1-c1ccc2c(c1)NCCO2. The zero-order valence-electron chi connectivity index (χ0n) is 17.5. The van der Waals surface area contributed by atoms with E-state index in [1.165, 1.54) is 11.6 Å². The highest BCUT2D eigenvalue weighted by molar-refractivity contribution is 5.96. The Bertz CT molecular complexity index is 1300. The zero-order chi connectivity index (χ0) is 21.5. The molecule has 0 bridgehead atoms. The molecule has 6 heteroatoms. The van der Waals surface area contributed by atoms with Gasteiger partial charge in [-0.3, -0.25) is 0 Å². The number of hydrogen-bond acceptors (Lipinski definition) is 3. The number of fused-ring (bicyclic) bond motifs is 2. The molecule has 0 saturated heterocycles. The van der Waals surface area contributed by atoms with Crippen molar-refractivity contribution in [2.45, 2.75) is 26.8 Å². The van der Waals surface area contributed by atoms with Gasteiger partial charge in [0.25, 0.3) is 0 Å². The normalized spacial score (nSPS) is 13.0. The summed E-state index contributed by atoms with van der Waals surface area (Å²) in [5, 5.41) is 4.45. The number of benzene rings is 2. The Kier molecular flexibility index (Phi) is 4.85. The fourth-order valence-corrected chi connectivity index (χ4v) is 4.37. The van der Waals surface area contributed by atoms with Crippen molar-refractivity contribution in [2.75, 3.05) is 18.5 Å². The van der Waals surface area contributed by atoms with Crippen molar-refractivity contribution >= 4 is 16.7 Å². The Morgan fingerprint density at radius 3 is 2.77 bits per heavy atom. The summed E-state index contributed by atoms with van der Waals surface area (Å²) in [6, 6.07) is 12.3. The standard InChI is InChI=1S/C25H23F2N3O/c1-3-18-15(2)29-25-19(8-10-30(25)14-16-4-6-20(26)21(27)12-16)24(18)17-5-7-23-22(13-17)28-9-11-31-23/h4-8,10,12-13,28H,3,9,11,14H2,1-2H3. The third-order valence-electron chi connectivity index (χ3n) is 5.85. The Balaban J connectivity index is 1.65. The predicted octanol–water partition coefficient (Wildman–Crippen LogP) is 5.70. The van der Waals surface area contributed by atoms with E-state index in [1.807, 2.05) is 23.8 Å². The first kappa shape index (κ1) is 19.5. The van der Waals surface area contributed by atoms with Gasteiger partial charge < -0.3 is 14.6 Å². The van der Waals surface area contributed by atoms with E-state index in [1.54, 1.807) is 6.07 Å². The number of pyridine rings is 1. The number of halogens is 2. The average molecular weight is 419 g/mol. The maximum absolute atomic E-state index is 13.7. The molecule has 1 aliphatic rings. The Morgan fingerprint density at radius 1 is 1.10 bits per heavy atom. The molecule has 0 amide bonds. The molecule has 0 fully saturated rings. The summed E-state index contributed by atoms with van der Waals surface area (Å²) < 4.78 is 34.7. The first-order valence-corrected chi connectivity index (χ1v) is 10.5. The second kappa shape index (κ2) is 7.69. The van der Waals surface area contributed by atoms with Crippen molar-refractivity contribution < 1.29 is 13.5 Å². The minimum absolute atomic E-state index is 0.414. The molecule has 1 N–H and O–H groups in total. The summed E-state index contributed by atoms with van der Waals surface area (Å²) in [5.41, 5.74) is 6.95. The van der Waals surface area contributed by atoms with Crippen LogP contribution in [-0.4, -0.2) is 22.7 Å². The van der Waals surface area contributed by atoms with Crippen LogP contribution < -0.4 is 10.1 Å². The quantitative estimate of drug-likeness (QED) is 0.461. The third-order valence-corrected chi connectivity index (χ3v) is 5.85. The Morgan fingerprint density at radius 2 is 1.97 bits per heavy atom. The van der Waals surface area contributed by atoms with E-state index >= 15 is 0 Å². The van der Waals surface area contributed by atoms with Crippen LogP contribution in [0.1, 0.15) is 23.7 Å². The molecule has 2 aromatic heterocycles. The van der Waals surface area contributed by atoms with Crippen LogP contribution in [0.15, 0.2) is 48.7 Å². The predicted molar refractivity (Wildman–Crippen MR) is 119 cm³/mol. The maximum atomic E-state index is 13.7. The van der Waals surface area contributed by atoms with Crippen LogP contribution >= 0.6 is 0 Å². The van der Waals surface area contributed by atoms with Gasteiger partial charge in [-0.05, 0) is 65.9 Å². The first-order valence-electron chi connectivity index (χ1n) is 10.5. The van der Waals surface area contributed by atoms with E-state index in [2.05, 4.69) is 30.4 Å². The molecule has 5 rings (SSSR count). The van der Waals surface area contributed by atoms with Crippen LogP contribution in [0.2, 0.25) is 0 Å². The second-order valence-corrected chi connectivity index (χ2v) is 7.82. The molecular formula is C25H23F2N3O. The molecule has 0 radical (unpaired) electrons. The largest absolute Gasteiger partial charge is 0.490 e. The number of nitrogens with one attached hydrogen (secondary N) is 1. The zero-order valence-corrected chi connectivity index (χ0v) is 17.5. The second-order valence-electron chi connectivity index (χ2n) is 7.82. The lowest BCUT2D eigenvalue weighted by atomic mass is 9.94. The highest BCUT2D eigenvalue weighted by atomic mass is 19.2. The number of rotatable bonds is 4. The molecule has 0 aliphatic carbocycles. The number of anilines is 1. The monoisotopic (exact) mass is 419 g/mol. The molecule has 4 nitrogen and oxygen atoms in total. The number of aryl methyl sites for hydroxylation is 1. The fourth-order valence-electron chi connectivity index (χ4n) is 4.37. The lowest BCUT2D eigenvalue weighted by molar-refractivity contribution is 0.323. The molecule has 0 spiro atoms. The van der Waals surface area contributed by atoms with Crippen molar-refractivity contribution in [2.24, 2.45) is 0 Å². The molecule has 2 aromatic carbocycles. The van der Waals surface area contributed by atoms with Gasteiger partial charge in [0.15, 0.2) is 11.6 Å². The summed E-state index contributed by atoms with van der Waals surface area (Å²) in [6.45, 7) is 6.02. The lowest BCUT2D eigenvalue weighted by Crippen LogP contribution is -2.17. The highest BCUT2D eigenvalue weighted by Crippen LogP contribution is 2.38. The molecule has 3 heterocycles. The van der Waals surface area contributed by atoms with E-state index < -0.39 is 11.6 Å². The van der Waals surface area contributed by atoms with E-state index in [4.69, 9.17) is 9.72 Å². The summed E-state index contributed by atoms with van der Waals surface area (Å²) in [5.74, 6) is -0.809. The lowest BCUT2D eigenvalue weighted by Gasteiger charge is -2.21. The molecule has 0 saturated carbocycles. The number of hydrogen-bond donors (Lipinski definition) is 1. The van der Waals surface area contributed by atoms with Crippen LogP contribution in [0.4, 0.5) is 14.5 Å². The van der Waals surface area contributed by atoms with Crippen molar-refractivity contribution in [1.29, 1.82) is 0 Å². The van der Waals surface area contributed by atoms with Gasteiger partial charge >= 0.3 is 0 Å². The van der Waals surface area contributed by atoms with E-state index in [0.717, 1.165) is 58.3 Å². The average Bonchev–Trinajstić information content (AvgIpc) is 3.17. The molecule has 158 valence electrons. The Labute approximate surface area is 179 Å². The number of nitrogens with zero attached hydrogens (tertiary/aromatic N) is 2. The molecular weight excluding hydrogens is 396 g/mol. The van der Waals surface area contributed by atoms with E-state index in [9.17, 15) is 8.78 Å². The number of ether oxygens (including phenoxy) is 1. The Hall–Kier alpha value is -3.41. The minimum Gasteiger partial charge on any atom is -0.490 e. The van der Waals surface area contributed by atoms with Gasteiger partial charge in [-0.2, -0.15) is 0 Å². The van der Waals surface area contributed by atoms with Crippen LogP contribution in [0.3, 0.4) is 0 Å². The number of aromatic nitrogens is 2. The van der Waals surface area contributed by atoms with Crippen LogP contribution in [0, 0.1) is 18.6 Å². The molecule has 31 heavy (non-hydrogen) atoms. The molecule has 1 aliphatic heterocycles. The van der Waals surface area contributed by atoms with Crippen LogP contribution in [0.25, 0.3) is 22.2 Å². The van der Waals surface area contributed by atoms with Gasteiger partial charge in [-0.15, -0.1) is 0 Å². The summed E-state index contributed by atoms with van der Waals surface area (Å²) in [7, 11) is 0. The summed E-state index contributed by atoms with van der Waals surface area (Å²) in [4.78, 5) is 4.87. The van der Waals surface area contributed by atoms with Crippen LogP contribution in [0.5, 0.6) is 5.75 Å². The molecule has 0 unspecified atom stereocenters. The van der Waals surface area contributed by atoms with Gasteiger partial charge in [-0.25, -0.2) is 13.8 Å². The van der Waals surface area contributed by atoms with Crippen molar-refractivity contribution in [1.82, 2.24) is 9.55 Å². The fraction of sp³-hybridized carbons (Fsp3) is 0.240. The molecule has 4 aromatic rings. The van der Waals surface area contributed by atoms with Gasteiger partial charge in [0, 0.05) is 30.4 Å². The first-order chi connectivity index (χ1) is 15.0. The smallest absolute Gasteiger partial charge is 0.159 e. The van der Waals surface area contributed by atoms with Gasteiger partial charge in [0.1, 0.15) is 18.0 Å². The topological polar surface area (TPSA) is 39.1 Å². The molecule has 0 atom stereocenters.